The SMILES string of the molecule is CC(C)N1C[C@@H](C(=O)NCCCN(C)Cc2ccccc2)CC1=O. The first kappa shape index (κ1) is 18.5. The molecule has 1 heterocycles. The number of benzene rings is 1. The van der Waals surface area contributed by atoms with Gasteiger partial charge in [-0.05, 0) is 39.4 Å². The molecule has 1 fully saturated rings. The fourth-order valence-corrected chi connectivity index (χ4v) is 3.09. The van der Waals surface area contributed by atoms with E-state index in [2.05, 4.69) is 29.4 Å². The molecule has 0 aliphatic carbocycles. The van der Waals surface area contributed by atoms with Gasteiger partial charge in [0.05, 0.1) is 5.92 Å². The third-order valence-corrected chi connectivity index (χ3v) is 4.46. The highest BCUT2D eigenvalue weighted by Gasteiger charge is 2.35. The Morgan fingerprint density at radius 3 is 2.67 bits per heavy atom. The minimum absolute atomic E-state index is 0.0113. The fourth-order valence-electron chi connectivity index (χ4n) is 3.09. The molecule has 0 unspecified atom stereocenters. The molecule has 5 nitrogen and oxygen atoms in total. The van der Waals surface area contributed by atoms with Crippen LogP contribution in [0.1, 0.15) is 32.3 Å². The number of carbonyl (C=O) groups is 2. The molecule has 1 aromatic rings. The molecule has 2 amide bonds. The maximum Gasteiger partial charge on any atom is 0.225 e. The lowest BCUT2D eigenvalue weighted by molar-refractivity contribution is -0.129. The quantitative estimate of drug-likeness (QED) is 0.740. The van der Waals surface area contributed by atoms with Crippen LogP contribution in [0.4, 0.5) is 0 Å². The number of nitrogens with zero attached hydrogens (tertiary/aromatic N) is 2. The van der Waals surface area contributed by atoms with Crippen LogP contribution in [-0.2, 0) is 16.1 Å². The number of rotatable bonds is 8. The van der Waals surface area contributed by atoms with Gasteiger partial charge in [-0.25, -0.2) is 0 Å². The van der Waals surface area contributed by atoms with Crippen molar-refractivity contribution in [3.05, 3.63) is 35.9 Å². The molecular formula is C19H29N3O2. The van der Waals surface area contributed by atoms with E-state index < -0.39 is 0 Å². The number of likely N-dealkylation sites (tertiary alicyclic amines) is 1. The Balaban J connectivity index is 1.64. The van der Waals surface area contributed by atoms with Crippen LogP contribution in [0.15, 0.2) is 30.3 Å². The zero-order valence-corrected chi connectivity index (χ0v) is 15.0. The molecule has 1 aliphatic heterocycles. The van der Waals surface area contributed by atoms with Crippen molar-refractivity contribution in [1.29, 1.82) is 0 Å². The van der Waals surface area contributed by atoms with Crippen molar-refractivity contribution in [2.75, 3.05) is 26.7 Å². The summed E-state index contributed by atoms with van der Waals surface area (Å²) in [4.78, 5) is 28.1. The predicted molar refractivity (Wildman–Crippen MR) is 95.4 cm³/mol. The maximum absolute atomic E-state index is 12.2. The second-order valence-corrected chi connectivity index (χ2v) is 6.91. The van der Waals surface area contributed by atoms with Crippen molar-refractivity contribution < 1.29 is 9.59 Å². The van der Waals surface area contributed by atoms with E-state index in [9.17, 15) is 9.59 Å². The zero-order valence-electron chi connectivity index (χ0n) is 15.0. The van der Waals surface area contributed by atoms with E-state index >= 15 is 0 Å². The molecule has 1 aromatic carbocycles. The minimum Gasteiger partial charge on any atom is -0.356 e. The van der Waals surface area contributed by atoms with E-state index in [0.717, 1.165) is 19.5 Å². The zero-order chi connectivity index (χ0) is 17.5. The average Bonchev–Trinajstić information content (AvgIpc) is 2.94. The summed E-state index contributed by atoms with van der Waals surface area (Å²) in [5.74, 6) is -0.0908. The summed E-state index contributed by atoms with van der Waals surface area (Å²) < 4.78 is 0. The first-order valence-electron chi connectivity index (χ1n) is 8.77. The van der Waals surface area contributed by atoms with Crippen LogP contribution in [0.5, 0.6) is 0 Å². The van der Waals surface area contributed by atoms with Crippen LogP contribution in [0.3, 0.4) is 0 Å². The highest BCUT2D eigenvalue weighted by molar-refractivity contribution is 5.89. The molecular weight excluding hydrogens is 302 g/mol. The Morgan fingerprint density at radius 1 is 1.33 bits per heavy atom. The average molecular weight is 331 g/mol. The smallest absolute Gasteiger partial charge is 0.225 e. The summed E-state index contributed by atoms with van der Waals surface area (Å²) in [7, 11) is 2.09. The van der Waals surface area contributed by atoms with E-state index in [1.165, 1.54) is 5.56 Å². The predicted octanol–water partition coefficient (Wildman–Crippen LogP) is 1.88. The van der Waals surface area contributed by atoms with Gasteiger partial charge in [-0.3, -0.25) is 9.59 Å². The lowest BCUT2D eigenvalue weighted by Crippen LogP contribution is -2.36. The molecule has 1 aliphatic rings. The molecule has 0 spiro atoms. The largest absolute Gasteiger partial charge is 0.356 e. The lowest BCUT2D eigenvalue weighted by atomic mass is 10.1. The highest BCUT2D eigenvalue weighted by Crippen LogP contribution is 2.20. The second kappa shape index (κ2) is 8.83. The van der Waals surface area contributed by atoms with Crippen LogP contribution in [-0.4, -0.2) is 54.3 Å². The summed E-state index contributed by atoms with van der Waals surface area (Å²) in [6.07, 6.45) is 1.25. The Morgan fingerprint density at radius 2 is 2.04 bits per heavy atom. The first-order valence-corrected chi connectivity index (χ1v) is 8.77. The fraction of sp³-hybridized carbons (Fsp3) is 0.579. The molecule has 1 N–H and O–H groups in total. The van der Waals surface area contributed by atoms with Crippen molar-refractivity contribution in [2.45, 2.75) is 39.3 Å². The molecule has 1 atom stereocenters. The molecule has 2 rings (SSSR count). The Hall–Kier alpha value is -1.88. The lowest BCUT2D eigenvalue weighted by Gasteiger charge is -2.21. The number of hydrogen-bond donors (Lipinski definition) is 1. The van der Waals surface area contributed by atoms with Gasteiger partial charge in [0.2, 0.25) is 11.8 Å². The molecule has 1 saturated heterocycles. The van der Waals surface area contributed by atoms with Crippen molar-refractivity contribution in [2.24, 2.45) is 5.92 Å². The van der Waals surface area contributed by atoms with Gasteiger partial charge >= 0.3 is 0 Å². The van der Waals surface area contributed by atoms with Gasteiger partial charge in [0.25, 0.3) is 0 Å². The molecule has 132 valence electrons. The molecule has 0 aromatic heterocycles. The number of hydrogen-bond acceptors (Lipinski definition) is 3. The third kappa shape index (κ3) is 5.34. The van der Waals surface area contributed by atoms with Gasteiger partial charge in [-0.1, -0.05) is 30.3 Å². The van der Waals surface area contributed by atoms with Gasteiger partial charge in [0.15, 0.2) is 0 Å². The maximum atomic E-state index is 12.2. The van der Waals surface area contributed by atoms with Crippen LogP contribution in [0.25, 0.3) is 0 Å². The van der Waals surface area contributed by atoms with E-state index in [1.54, 1.807) is 4.90 Å². The van der Waals surface area contributed by atoms with Gasteiger partial charge in [-0.2, -0.15) is 0 Å². The molecule has 24 heavy (non-hydrogen) atoms. The van der Waals surface area contributed by atoms with E-state index in [4.69, 9.17) is 0 Å². The third-order valence-electron chi connectivity index (χ3n) is 4.46. The van der Waals surface area contributed by atoms with Crippen molar-refractivity contribution in [1.82, 2.24) is 15.1 Å². The van der Waals surface area contributed by atoms with Crippen molar-refractivity contribution >= 4 is 11.8 Å². The molecule has 0 saturated carbocycles. The van der Waals surface area contributed by atoms with Gasteiger partial charge in [-0.15, -0.1) is 0 Å². The standard InChI is InChI=1S/C19H29N3O2/c1-15(2)22-14-17(12-18(22)23)19(24)20-10-7-11-21(3)13-16-8-5-4-6-9-16/h4-6,8-9,15,17H,7,10-14H2,1-3H3,(H,20,24)/t17-/m0/s1. The van der Waals surface area contributed by atoms with E-state index in [1.807, 2.05) is 32.0 Å². The summed E-state index contributed by atoms with van der Waals surface area (Å²) in [6, 6.07) is 10.5. The summed E-state index contributed by atoms with van der Waals surface area (Å²) in [6.45, 7) is 7.02. The van der Waals surface area contributed by atoms with Gasteiger partial charge in [0, 0.05) is 32.1 Å². The Kier molecular flexibility index (Phi) is 6.79. The van der Waals surface area contributed by atoms with Crippen molar-refractivity contribution in [3.8, 4) is 0 Å². The van der Waals surface area contributed by atoms with E-state index in [-0.39, 0.29) is 23.8 Å². The van der Waals surface area contributed by atoms with Crippen LogP contribution in [0, 0.1) is 5.92 Å². The second-order valence-electron chi connectivity index (χ2n) is 6.91. The highest BCUT2D eigenvalue weighted by atomic mass is 16.2. The van der Waals surface area contributed by atoms with Crippen molar-refractivity contribution in [3.63, 3.8) is 0 Å². The number of carbonyl (C=O) groups excluding carboxylic acids is 2. The van der Waals surface area contributed by atoms with E-state index in [0.29, 0.717) is 19.5 Å². The van der Waals surface area contributed by atoms with Gasteiger partial charge < -0.3 is 15.1 Å². The number of amides is 2. The molecule has 0 radical (unpaired) electrons. The topological polar surface area (TPSA) is 52.7 Å². The Bertz CT molecular complexity index is 545. The number of nitrogens with one attached hydrogen (secondary N) is 1. The summed E-state index contributed by atoms with van der Waals surface area (Å²) in [5.41, 5.74) is 1.29. The monoisotopic (exact) mass is 331 g/mol. The van der Waals surface area contributed by atoms with Gasteiger partial charge in [0.1, 0.15) is 0 Å². The first-order chi connectivity index (χ1) is 11.5. The van der Waals surface area contributed by atoms with Crippen LogP contribution in [0.2, 0.25) is 0 Å². The summed E-state index contributed by atoms with van der Waals surface area (Å²) >= 11 is 0. The summed E-state index contributed by atoms with van der Waals surface area (Å²) in [5, 5.41) is 2.98. The molecule has 5 heteroatoms. The van der Waals surface area contributed by atoms with Crippen LogP contribution < -0.4 is 5.32 Å². The Labute approximate surface area is 145 Å². The molecule has 0 bridgehead atoms. The van der Waals surface area contributed by atoms with Crippen LogP contribution >= 0.6 is 0 Å². The minimum atomic E-state index is -0.193. The normalized spacial score (nSPS) is 17.8.